The first-order chi connectivity index (χ1) is 12.5. The number of nitrogens with zero attached hydrogens (tertiary/aromatic N) is 3. The van der Waals surface area contributed by atoms with E-state index < -0.39 is 0 Å². The molecule has 2 aromatic rings. The maximum Gasteiger partial charge on any atom is 0.158 e. The van der Waals surface area contributed by atoms with Crippen LogP contribution in [0.25, 0.3) is 0 Å². The molecule has 1 spiro atoms. The highest BCUT2D eigenvalue weighted by Crippen LogP contribution is 2.48. The van der Waals surface area contributed by atoms with Crippen LogP contribution in [0, 0.1) is 5.41 Å². The molecule has 0 unspecified atom stereocenters. The van der Waals surface area contributed by atoms with E-state index in [1.807, 2.05) is 12.1 Å². The predicted molar refractivity (Wildman–Crippen MR) is 108 cm³/mol. The zero-order chi connectivity index (χ0) is 18.3. The van der Waals surface area contributed by atoms with Gasteiger partial charge in [0.2, 0.25) is 0 Å². The number of rotatable bonds is 3. The second kappa shape index (κ2) is 6.79. The first-order valence-corrected chi connectivity index (χ1v) is 10.0. The van der Waals surface area contributed by atoms with E-state index >= 15 is 0 Å². The minimum Gasteiger partial charge on any atom is -0.397 e. The third-order valence-corrected chi connectivity index (χ3v) is 7.38. The van der Waals surface area contributed by atoms with Crippen molar-refractivity contribution in [3.63, 3.8) is 0 Å². The van der Waals surface area contributed by atoms with Crippen molar-refractivity contribution < 1.29 is 0 Å². The number of aromatic nitrogens is 2. The summed E-state index contributed by atoms with van der Waals surface area (Å²) in [5.74, 6) is 1.24. The van der Waals surface area contributed by atoms with Crippen LogP contribution in [0.3, 0.4) is 0 Å². The molecule has 138 valence electrons. The number of hydrogen-bond acceptors (Lipinski definition) is 7. The Morgan fingerprint density at radius 3 is 2.58 bits per heavy atom. The van der Waals surface area contributed by atoms with Gasteiger partial charge >= 0.3 is 0 Å². The lowest BCUT2D eigenvalue weighted by molar-refractivity contribution is 0.0610. The van der Waals surface area contributed by atoms with Gasteiger partial charge in [0.25, 0.3) is 0 Å². The first-order valence-electron chi connectivity index (χ1n) is 8.83. The Hall–Kier alpha value is -1.70. The molecule has 0 amide bonds. The first kappa shape index (κ1) is 17.7. The summed E-state index contributed by atoms with van der Waals surface area (Å²) in [6.45, 7) is 1.91. The summed E-state index contributed by atoms with van der Waals surface area (Å²) >= 11 is 7.63. The summed E-state index contributed by atoms with van der Waals surface area (Å²) in [4.78, 5) is 12.2. The van der Waals surface area contributed by atoms with Gasteiger partial charge < -0.3 is 22.1 Å². The fraction of sp³-hybridized carbons (Fsp3) is 0.444. The Morgan fingerprint density at radius 2 is 1.96 bits per heavy atom. The average Bonchev–Trinajstić information content (AvgIpc) is 2.66. The number of anilines is 3. The van der Waals surface area contributed by atoms with Crippen molar-refractivity contribution in [3.8, 4) is 0 Å². The summed E-state index contributed by atoms with van der Waals surface area (Å²) in [5, 5.41) is 1.15. The van der Waals surface area contributed by atoms with E-state index in [0.29, 0.717) is 33.0 Å². The molecule has 1 aromatic heterocycles. The molecule has 1 aliphatic heterocycles. The molecule has 2 heterocycles. The van der Waals surface area contributed by atoms with Gasteiger partial charge in [-0.2, -0.15) is 0 Å². The number of piperidine rings is 1. The van der Waals surface area contributed by atoms with Crippen LogP contribution in [0.1, 0.15) is 25.7 Å². The minimum atomic E-state index is 0.356. The van der Waals surface area contributed by atoms with Crippen molar-refractivity contribution in [2.45, 2.75) is 41.6 Å². The maximum atomic E-state index is 6.25. The number of nitrogens with two attached hydrogens (primary N) is 3. The van der Waals surface area contributed by atoms with Crippen LogP contribution in [0.5, 0.6) is 0 Å². The Bertz CT molecular complexity index is 821. The van der Waals surface area contributed by atoms with Crippen molar-refractivity contribution in [3.05, 3.63) is 29.4 Å². The summed E-state index contributed by atoms with van der Waals surface area (Å²) in [7, 11) is 0. The second-order valence-electron chi connectivity index (χ2n) is 7.17. The predicted octanol–water partition coefficient (Wildman–Crippen LogP) is 3.15. The number of benzene rings is 1. The van der Waals surface area contributed by atoms with E-state index in [0.717, 1.165) is 43.1 Å². The van der Waals surface area contributed by atoms with E-state index in [1.165, 1.54) is 18.2 Å². The van der Waals surface area contributed by atoms with Crippen LogP contribution < -0.4 is 22.1 Å². The van der Waals surface area contributed by atoms with Gasteiger partial charge in [-0.25, -0.2) is 9.97 Å². The Labute approximate surface area is 162 Å². The maximum absolute atomic E-state index is 6.25. The molecule has 1 atom stereocenters. The molecule has 4 rings (SSSR count). The molecule has 0 bridgehead atoms. The fourth-order valence-corrected chi connectivity index (χ4v) is 4.91. The minimum absolute atomic E-state index is 0.356. The van der Waals surface area contributed by atoms with E-state index in [9.17, 15) is 0 Å². The Kier molecular flexibility index (Phi) is 4.62. The van der Waals surface area contributed by atoms with Gasteiger partial charge in [0.15, 0.2) is 5.82 Å². The third-order valence-electron chi connectivity index (χ3n) is 5.77. The number of hydrogen-bond donors (Lipinski definition) is 3. The van der Waals surface area contributed by atoms with Crippen molar-refractivity contribution in [1.82, 2.24) is 9.97 Å². The van der Waals surface area contributed by atoms with Crippen molar-refractivity contribution in [2.75, 3.05) is 29.5 Å². The zero-order valence-electron chi connectivity index (χ0n) is 14.5. The molecule has 2 aliphatic rings. The summed E-state index contributed by atoms with van der Waals surface area (Å²) in [6, 6.07) is 5.88. The molecule has 1 saturated carbocycles. The van der Waals surface area contributed by atoms with Crippen molar-refractivity contribution >= 4 is 40.7 Å². The Morgan fingerprint density at radius 1 is 1.19 bits per heavy atom. The van der Waals surface area contributed by atoms with Gasteiger partial charge in [0, 0.05) is 24.0 Å². The van der Waals surface area contributed by atoms with Crippen LogP contribution in [-0.4, -0.2) is 29.1 Å². The SMILES string of the molecule is Nc1cccc(Sc2ncc(N3CCC4(CC[C@@H]4N)CC3)nc2N)c1Cl. The quantitative estimate of drug-likeness (QED) is 0.691. The molecule has 6 nitrogen and oxygen atoms in total. The summed E-state index contributed by atoms with van der Waals surface area (Å²) in [6.07, 6.45) is 6.44. The fourth-order valence-electron chi connectivity index (χ4n) is 3.85. The van der Waals surface area contributed by atoms with E-state index in [1.54, 1.807) is 12.3 Å². The molecule has 1 aromatic carbocycles. The average molecular weight is 391 g/mol. The van der Waals surface area contributed by atoms with Crippen LogP contribution in [0.4, 0.5) is 17.3 Å². The lowest BCUT2D eigenvalue weighted by Gasteiger charge is -2.52. The summed E-state index contributed by atoms with van der Waals surface area (Å²) in [5.41, 5.74) is 19.1. The van der Waals surface area contributed by atoms with Crippen LogP contribution in [-0.2, 0) is 0 Å². The summed E-state index contributed by atoms with van der Waals surface area (Å²) < 4.78 is 0. The standard InChI is InChI=1S/C18H23ClN6S/c19-15-11(20)2-1-3-12(15)26-17-16(22)24-14(10-23-17)25-8-6-18(7-9-25)5-4-13(18)21/h1-3,10,13H,4-9,20-21H2,(H2,22,24)/t13-/m0/s1. The highest BCUT2D eigenvalue weighted by atomic mass is 35.5. The number of halogens is 1. The van der Waals surface area contributed by atoms with Crippen LogP contribution in [0.15, 0.2) is 34.3 Å². The Balaban J connectivity index is 1.47. The third kappa shape index (κ3) is 3.08. The largest absolute Gasteiger partial charge is 0.397 e. The molecular weight excluding hydrogens is 368 g/mol. The van der Waals surface area contributed by atoms with Crippen molar-refractivity contribution in [1.29, 1.82) is 0 Å². The highest BCUT2D eigenvalue weighted by Gasteiger charge is 2.46. The normalized spacial score (nSPS) is 21.6. The molecule has 1 aliphatic carbocycles. The van der Waals surface area contributed by atoms with Gasteiger partial charge in [-0.05, 0) is 43.2 Å². The monoisotopic (exact) mass is 390 g/mol. The molecule has 8 heteroatoms. The van der Waals surface area contributed by atoms with E-state index in [4.69, 9.17) is 28.8 Å². The lowest BCUT2D eigenvalue weighted by Crippen LogP contribution is -2.56. The van der Waals surface area contributed by atoms with Gasteiger partial charge in [-0.3, -0.25) is 0 Å². The zero-order valence-corrected chi connectivity index (χ0v) is 16.1. The topological polar surface area (TPSA) is 107 Å². The highest BCUT2D eigenvalue weighted by molar-refractivity contribution is 7.99. The number of nitrogen functional groups attached to an aromatic ring is 2. The van der Waals surface area contributed by atoms with Crippen LogP contribution >= 0.6 is 23.4 Å². The molecule has 0 radical (unpaired) electrons. The molecule has 26 heavy (non-hydrogen) atoms. The van der Waals surface area contributed by atoms with Crippen LogP contribution in [0.2, 0.25) is 5.02 Å². The van der Waals surface area contributed by atoms with Gasteiger partial charge in [-0.15, -0.1) is 0 Å². The molecule has 2 fully saturated rings. The van der Waals surface area contributed by atoms with E-state index in [2.05, 4.69) is 14.9 Å². The van der Waals surface area contributed by atoms with Crippen molar-refractivity contribution in [2.24, 2.45) is 11.1 Å². The van der Waals surface area contributed by atoms with Gasteiger partial charge in [0.05, 0.1) is 16.9 Å². The van der Waals surface area contributed by atoms with Gasteiger partial charge in [-0.1, -0.05) is 29.4 Å². The molecular formula is C18H23ClN6S. The van der Waals surface area contributed by atoms with E-state index in [-0.39, 0.29) is 0 Å². The molecule has 6 N–H and O–H groups in total. The van der Waals surface area contributed by atoms with Gasteiger partial charge in [0.1, 0.15) is 10.8 Å². The molecule has 1 saturated heterocycles. The smallest absolute Gasteiger partial charge is 0.158 e. The second-order valence-corrected chi connectivity index (χ2v) is 8.58. The lowest BCUT2D eigenvalue weighted by atomic mass is 9.60.